The van der Waals surface area contributed by atoms with Crippen LogP contribution >= 0.6 is 0 Å². The van der Waals surface area contributed by atoms with Crippen LogP contribution in [0, 0.1) is 0 Å². The zero-order valence-corrected chi connectivity index (χ0v) is 13.6. The second-order valence-corrected chi connectivity index (χ2v) is 5.84. The maximum atomic E-state index is 9.61. The molecule has 5 heteroatoms. The topological polar surface area (TPSA) is 90.2 Å². The minimum absolute atomic E-state index is 0.0263. The third-order valence-corrected chi connectivity index (χ3v) is 3.67. The highest BCUT2D eigenvalue weighted by molar-refractivity contribution is 4.78. The summed E-state index contributed by atoms with van der Waals surface area (Å²) in [6.45, 7) is 4.09. The van der Waals surface area contributed by atoms with Crippen molar-refractivity contribution in [1.82, 2.24) is 0 Å². The van der Waals surface area contributed by atoms with Crippen LogP contribution in [0.2, 0.25) is 0 Å². The van der Waals surface area contributed by atoms with Gasteiger partial charge < -0.3 is 25.2 Å². The largest absolute Gasteiger partial charge is 0.391 e. The van der Waals surface area contributed by atoms with E-state index < -0.39 is 24.4 Å². The second-order valence-electron chi connectivity index (χ2n) is 5.84. The van der Waals surface area contributed by atoms with Crippen molar-refractivity contribution in [2.45, 2.75) is 89.6 Å². The van der Waals surface area contributed by atoms with E-state index in [4.69, 9.17) is 9.84 Å². The lowest BCUT2D eigenvalue weighted by atomic mass is 10.0. The number of hydrogen-bond donors (Lipinski definition) is 4. The molecule has 4 N–H and O–H groups in total. The fourth-order valence-electron chi connectivity index (χ4n) is 2.15. The van der Waals surface area contributed by atoms with E-state index >= 15 is 0 Å². The van der Waals surface area contributed by atoms with Gasteiger partial charge in [0.2, 0.25) is 0 Å². The average molecular weight is 306 g/mol. The van der Waals surface area contributed by atoms with E-state index in [1.54, 1.807) is 0 Å². The molecule has 0 spiro atoms. The van der Waals surface area contributed by atoms with Gasteiger partial charge in [-0.1, -0.05) is 51.9 Å². The third-order valence-electron chi connectivity index (χ3n) is 3.67. The van der Waals surface area contributed by atoms with Crippen molar-refractivity contribution >= 4 is 0 Å². The highest BCUT2D eigenvalue weighted by Crippen LogP contribution is 2.09. The first kappa shape index (κ1) is 20.8. The first-order valence-corrected chi connectivity index (χ1v) is 8.30. The Morgan fingerprint density at radius 1 is 0.762 bits per heavy atom. The Hall–Kier alpha value is -0.200. The molecule has 0 radical (unpaired) electrons. The van der Waals surface area contributed by atoms with Crippen LogP contribution in [-0.2, 0) is 4.74 Å². The zero-order chi connectivity index (χ0) is 16.1. The van der Waals surface area contributed by atoms with Gasteiger partial charge in [0.1, 0.15) is 18.3 Å². The van der Waals surface area contributed by atoms with Gasteiger partial charge in [-0.15, -0.1) is 0 Å². The highest BCUT2D eigenvalue weighted by atomic mass is 16.5. The fourth-order valence-corrected chi connectivity index (χ4v) is 2.15. The molecule has 21 heavy (non-hydrogen) atoms. The number of rotatable bonds is 14. The van der Waals surface area contributed by atoms with Gasteiger partial charge in [-0.2, -0.15) is 0 Å². The molecular formula is C16H34O5. The number of ether oxygens (including phenoxy) is 1. The second kappa shape index (κ2) is 13.5. The predicted molar refractivity (Wildman–Crippen MR) is 83.1 cm³/mol. The Labute approximate surface area is 129 Å². The van der Waals surface area contributed by atoms with E-state index in [-0.39, 0.29) is 6.61 Å². The van der Waals surface area contributed by atoms with Gasteiger partial charge >= 0.3 is 0 Å². The van der Waals surface area contributed by atoms with Crippen LogP contribution in [-0.4, -0.2) is 58.1 Å². The van der Waals surface area contributed by atoms with Gasteiger partial charge in [0.25, 0.3) is 0 Å². The number of aliphatic hydroxyl groups excluding tert-OH is 4. The minimum atomic E-state index is -1.39. The van der Waals surface area contributed by atoms with Crippen molar-refractivity contribution in [1.29, 1.82) is 0 Å². The van der Waals surface area contributed by atoms with Crippen molar-refractivity contribution in [2.24, 2.45) is 0 Å². The lowest BCUT2D eigenvalue weighted by Crippen LogP contribution is -2.45. The standard InChI is InChI=1S/C16H34O5/c1-3-4-5-6-7-8-9-10-11-21-12-14(18)16(20)15(19)13(2)17/h13-20H,3-12H2,1-2H3. The highest BCUT2D eigenvalue weighted by Gasteiger charge is 2.27. The maximum Gasteiger partial charge on any atom is 0.110 e. The molecule has 0 heterocycles. The Balaban J connectivity index is 3.42. The monoisotopic (exact) mass is 306 g/mol. The fraction of sp³-hybridized carbons (Fsp3) is 1.00. The van der Waals surface area contributed by atoms with E-state index in [0.717, 1.165) is 12.8 Å². The summed E-state index contributed by atoms with van der Waals surface area (Å²) in [6.07, 6.45) is 4.74. The number of unbranched alkanes of at least 4 members (excludes halogenated alkanes) is 7. The molecule has 0 aliphatic heterocycles. The lowest BCUT2D eigenvalue weighted by molar-refractivity contribution is -0.117. The predicted octanol–water partition coefficient (Wildman–Crippen LogP) is 1.61. The van der Waals surface area contributed by atoms with Gasteiger partial charge in [-0.25, -0.2) is 0 Å². The molecule has 5 nitrogen and oxygen atoms in total. The molecule has 0 aliphatic rings. The molecule has 4 atom stereocenters. The van der Waals surface area contributed by atoms with E-state index in [1.165, 1.54) is 45.4 Å². The molecule has 4 unspecified atom stereocenters. The van der Waals surface area contributed by atoms with Crippen molar-refractivity contribution in [3.8, 4) is 0 Å². The summed E-state index contributed by atoms with van der Waals surface area (Å²) in [4.78, 5) is 0. The summed E-state index contributed by atoms with van der Waals surface area (Å²) in [6, 6.07) is 0. The summed E-state index contributed by atoms with van der Waals surface area (Å²) < 4.78 is 5.29. The van der Waals surface area contributed by atoms with E-state index in [0.29, 0.717) is 6.61 Å². The van der Waals surface area contributed by atoms with E-state index in [1.807, 2.05) is 0 Å². The third kappa shape index (κ3) is 11.1. The SMILES string of the molecule is CCCCCCCCCCOCC(O)C(O)C(O)C(C)O. The summed E-state index contributed by atoms with van der Waals surface area (Å²) in [5, 5.41) is 37.7. The van der Waals surface area contributed by atoms with Crippen LogP contribution in [0.1, 0.15) is 65.2 Å². The number of aliphatic hydroxyl groups is 4. The quantitative estimate of drug-likeness (QED) is 0.366. The smallest absolute Gasteiger partial charge is 0.110 e. The molecule has 0 bridgehead atoms. The molecule has 0 aliphatic carbocycles. The van der Waals surface area contributed by atoms with Crippen molar-refractivity contribution < 1.29 is 25.2 Å². The van der Waals surface area contributed by atoms with Gasteiger partial charge in [0.05, 0.1) is 12.7 Å². The molecule has 0 aromatic rings. The van der Waals surface area contributed by atoms with E-state index in [9.17, 15) is 15.3 Å². The zero-order valence-electron chi connectivity index (χ0n) is 13.6. The van der Waals surface area contributed by atoms with Crippen LogP contribution in [0.25, 0.3) is 0 Å². The van der Waals surface area contributed by atoms with Gasteiger partial charge in [0.15, 0.2) is 0 Å². The first-order valence-electron chi connectivity index (χ1n) is 8.30. The molecule has 0 rings (SSSR count). The van der Waals surface area contributed by atoms with Gasteiger partial charge in [-0.05, 0) is 13.3 Å². The van der Waals surface area contributed by atoms with Crippen molar-refractivity contribution in [3.05, 3.63) is 0 Å². The lowest BCUT2D eigenvalue weighted by Gasteiger charge is -2.24. The maximum absolute atomic E-state index is 9.61. The Kier molecular flexibility index (Phi) is 13.3. The van der Waals surface area contributed by atoms with Crippen LogP contribution in [0.15, 0.2) is 0 Å². The molecule has 0 amide bonds. The molecule has 0 aromatic carbocycles. The molecule has 0 saturated heterocycles. The molecule has 128 valence electrons. The van der Waals surface area contributed by atoms with Crippen molar-refractivity contribution in [2.75, 3.05) is 13.2 Å². The Morgan fingerprint density at radius 2 is 1.29 bits per heavy atom. The number of hydrogen-bond acceptors (Lipinski definition) is 5. The average Bonchev–Trinajstić information content (AvgIpc) is 2.47. The Morgan fingerprint density at radius 3 is 1.81 bits per heavy atom. The molecule has 0 aromatic heterocycles. The van der Waals surface area contributed by atoms with Gasteiger partial charge in [-0.3, -0.25) is 0 Å². The normalized spacial score (nSPS) is 17.4. The van der Waals surface area contributed by atoms with Crippen molar-refractivity contribution in [3.63, 3.8) is 0 Å². The summed E-state index contributed by atoms with van der Waals surface area (Å²) in [7, 11) is 0. The van der Waals surface area contributed by atoms with E-state index in [2.05, 4.69) is 6.92 Å². The van der Waals surface area contributed by atoms with Gasteiger partial charge in [0, 0.05) is 6.61 Å². The molecular weight excluding hydrogens is 272 g/mol. The van der Waals surface area contributed by atoms with Crippen LogP contribution < -0.4 is 0 Å². The van der Waals surface area contributed by atoms with Crippen LogP contribution in [0.4, 0.5) is 0 Å². The minimum Gasteiger partial charge on any atom is -0.391 e. The van der Waals surface area contributed by atoms with Crippen LogP contribution in [0.3, 0.4) is 0 Å². The molecule has 0 fully saturated rings. The first-order chi connectivity index (χ1) is 10.0. The molecule has 0 saturated carbocycles. The summed E-state index contributed by atoms with van der Waals surface area (Å²) >= 11 is 0. The summed E-state index contributed by atoms with van der Waals surface area (Å²) in [5.41, 5.74) is 0. The Bertz CT molecular complexity index is 223. The van der Waals surface area contributed by atoms with Crippen LogP contribution in [0.5, 0.6) is 0 Å². The summed E-state index contributed by atoms with van der Waals surface area (Å²) in [5.74, 6) is 0.